The number of fused-ring (bicyclic) bond motifs is 1. The lowest BCUT2D eigenvalue weighted by molar-refractivity contribution is 0.0694. The predicted molar refractivity (Wildman–Crippen MR) is 111 cm³/mol. The average Bonchev–Trinajstić information content (AvgIpc) is 3.58. The van der Waals surface area contributed by atoms with Crippen LogP contribution in [0.3, 0.4) is 0 Å². The molecule has 166 valence electrons. The number of halogens is 2. The van der Waals surface area contributed by atoms with Gasteiger partial charge in [-0.2, -0.15) is 0 Å². The molecule has 1 aliphatic heterocycles. The van der Waals surface area contributed by atoms with Gasteiger partial charge in [-0.05, 0) is 37.7 Å². The van der Waals surface area contributed by atoms with E-state index in [4.69, 9.17) is 10.5 Å². The third kappa shape index (κ3) is 3.35. The first-order valence-electron chi connectivity index (χ1n) is 10.6. The number of ether oxygens (including phenoxy) is 1. The topological polar surface area (TPSA) is 97.8 Å². The van der Waals surface area contributed by atoms with E-state index in [2.05, 4.69) is 0 Å². The van der Waals surface area contributed by atoms with Gasteiger partial charge in [0.25, 0.3) is 0 Å². The van der Waals surface area contributed by atoms with Gasteiger partial charge in [0.1, 0.15) is 17.4 Å². The summed E-state index contributed by atoms with van der Waals surface area (Å²) in [5.41, 5.74) is 5.31. The number of alkyl halides is 1. The highest BCUT2D eigenvalue weighted by atomic mass is 19.1. The van der Waals surface area contributed by atoms with E-state index >= 15 is 4.39 Å². The summed E-state index contributed by atoms with van der Waals surface area (Å²) in [6.07, 6.45) is 4.00. The number of pyridine rings is 1. The number of nitrogens with two attached hydrogens (primary N) is 1. The molecule has 2 heterocycles. The van der Waals surface area contributed by atoms with E-state index < -0.39 is 35.0 Å². The molecule has 31 heavy (non-hydrogen) atoms. The number of benzene rings is 1. The van der Waals surface area contributed by atoms with Crippen LogP contribution in [0.25, 0.3) is 10.9 Å². The first-order valence-corrected chi connectivity index (χ1v) is 10.6. The van der Waals surface area contributed by atoms with Gasteiger partial charge in [0.05, 0.1) is 24.1 Å². The summed E-state index contributed by atoms with van der Waals surface area (Å²) in [7, 11) is 1.38. The number of aromatic nitrogens is 1. The van der Waals surface area contributed by atoms with E-state index in [0.29, 0.717) is 19.0 Å². The number of hydrogen-bond acceptors (Lipinski definition) is 5. The molecule has 1 aromatic heterocycles. The van der Waals surface area contributed by atoms with Gasteiger partial charge in [-0.15, -0.1) is 0 Å². The Balaban J connectivity index is 1.65. The maximum atomic E-state index is 15.3. The van der Waals surface area contributed by atoms with E-state index in [1.807, 2.05) is 4.90 Å². The molecule has 3 aliphatic rings. The molecule has 1 aromatic carbocycles. The van der Waals surface area contributed by atoms with E-state index in [9.17, 15) is 19.1 Å². The summed E-state index contributed by atoms with van der Waals surface area (Å²) in [6, 6.07) is 0.457. The van der Waals surface area contributed by atoms with E-state index in [-0.39, 0.29) is 34.3 Å². The Morgan fingerprint density at radius 1 is 1.42 bits per heavy atom. The zero-order valence-corrected chi connectivity index (χ0v) is 17.2. The second-order valence-corrected chi connectivity index (χ2v) is 9.21. The fraction of sp³-hybridized carbons (Fsp3) is 0.545. The number of methoxy groups -OCH3 is 1. The fourth-order valence-electron chi connectivity index (χ4n) is 4.93. The van der Waals surface area contributed by atoms with Crippen molar-refractivity contribution in [2.75, 3.05) is 25.1 Å². The number of hydrogen-bond donors (Lipinski definition) is 2. The van der Waals surface area contributed by atoms with Crippen LogP contribution in [0.1, 0.15) is 48.5 Å². The maximum absolute atomic E-state index is 15.3. The molecular weight excluding hydrogens is 408 g/mol. The quantitative estimate of drug-likeness (QED) is 0.727. The Hall–Kier alpha value is -2.68. The van der Waals surface area contributed by atoms with Gasteiger partial charge in [-0.3, -0.25) is 4.79 Å². The van der Waals surface area contributed by atoms with Crippen molar-refractivity contribution in [3.8, 4) is 5.75 Å². The van der Waals surface area contributed by atoms with Crippen molar-refractivity contribution in [2.45, 2.75) is 49.9 Å². The van der Waals surface area contributed by atoms with Crippen molar-refractivity contribution >= 4 is 22.6 Å². The van der Waals surface area contributed by atoms with Crippen molar-refractivity contribution in [1.29, 1.82) is 0 Å². The second-order valence-electron chi connectivity index (χ2n) is 9.21. The smallest absolute Gasteiger partial charge is 0.341 e. The van der Waals surface area contributed by atoms with Crippen molar-refractivity contribution in [1.82, 2.24) is 4.57 Å². The fourth-order valence-corrected chi connectivity index (χ4v) is 4.93. The molecule has 0 radical (unpaired) electrons. The Kier molecular flexibility index (Phi) is 4.51. The molecule has 2 aromatic rings. The molecule has 1 saturated heterocycles. The molecule has 3 N–H and O–H groups in total. The number of anilines is 1. The average molecular weight is 433 g/mol. The largest absolute Gasteiger partial charge is 0.492 e. The Labute approximate surface area is 177 Å². The lowest BCUT2D eigenvalue weighted by Crippen LogP contribution is -2.28. The Morgan fingerprint density at radius 3 is 2.71 bits per heavy atom. The standard InChI is InChI=1S/C22H25F2N3O4/c1-31-20-17-12(19(28)13(21(29)30)10-27(17)16-7-14(16)23)6-15(24)18(20)26-5-2-11(9-26)8-22(25)3-4-22/h6,10-11,14,16H,2-5,7-9,25H2,1H3,(H,29,30)/t11-,14-,16-/m1/s1. The van der Waals surface area contributed by atoms with Gasteiger partial charge in [0.15, 0.2) is 11.6 Å². The number of rotatable bonds is 6. The lowest BCUT2D eigenvalue weighted by atomic mass is 9.98. The van der Waals surface area contributed by atoms with Crippen molar-refractivity contribution < 1.29 is 23.4 Å². The molecular formula is C22H25F2N3O4. The van der Waals surface area contributed by atoms with Crippen LogP contribution in [-0.4, -0.2) is 47.6 Å². The summed E-state index contributed by atoms with van der Waals surface area (Å²) in [5.74, 6) is -1.61. The monoisotopic (exact) mass is 433 g/mol. The summed E-state index contributed by atoms with van der Waals surface area (Å²) in [4.78, 5) is 26.2. The number of aromatic carboxylic acids is 1. The molecule has 3 atom stereocenters. The lowest BCUT2D eigenvalue weighted by Gasteiger charge is -2.25. The molecule has 0 amide bonds. The van der Waals surface area contributed by atoms with Crippen LogP contribution in [0, 0.1) is 11.7 Å². The summed E-state index contributed by atoms with van der Waals surface area (Å²) in [6.45, 7) is 1.23. The molecule has 0 unspecified atom stereocenters. The summed E-state index contributed by atoms with van der Waals surface area (Å²) >= 11 is 0. The van der Waals surface area contributed by atoms with Crippen LogP contribution in [0.2, 0.25) is 0 Å². The third-order valence-corrected chi connectivity index (χ3v) is 6.86. The second kappa shape index (κ2) is 6.91. The Morgan fingerprint density at radius 2 is 2.13 bits per heavy atom. The zero-order valence-electron chi connectivity index (χ0n) is 17.2. The highest BCUT2D eigenvalue weighted by Gasteiger charge is 2.43. The maximum Gasteiger partial charge on any atom is 0.341 e. The van der Waals surface area contributed by atoms with Crippen LogP contribution in [0.15, 0.2) is 17.1 Å². The van der Waals surface area contributed by atoms with Crippen molar-refractivity contribution in [3.05, 3.63) is 33.9 Å². The first-order chi connectivity index (χ1) is 14.7. The van der Waals surface area contributed by atoms with Gasteiger partial charge in [0.2, 0.25) is 5.43 Å². The predicted octanol–water partition coefficient (Wildman–Crippen LogP) is 2.84. The molecule has 0 bridgehead atoms. The van der Waals surface area contributed by atoms with Crippen LogP contribution in [0.4, 0.5) is 14.5 Å². The first kappa shape index (κ1) is 20.2. The molecule has 0 spiro atoms. The van der Waals surface area contributed by atoms with Gasteiger partial charge < -0.3 is 25.0 Å². The molecule has 2 saturated carbocycles. The number of carboxylic acid groups (broad SMARTS) is 1. The highest BCUT2D eigenvalue weighted by Crippen LogP contribution is 2.47. The zero-order chi connectivity index (χ0) is 22.1. The van der Waals surface area contributed by atoms with Crippen LogP contribution in [-0.2, 0) is 0 Å². The minimum Gasteiger partial charge on any atom is -0.492 e. The summed E-state index contributed by atoms with van der Waals surface area (Å²) in [5, 5.41) is 9.30. The minimum absolute atomic E-state index is 0.0947. The Bertz CT molecular complexity index is 1140. The molecule has 5 rings (SSSR count). The minimum atomic E-state index is -1.43. The number of carboxylic acids is 1. The van der Waals surface area contributed by atoms with Gasteiger partial charge in [-0.25, -0.2) is 13.6 Å². The summed E-state index contributed by atoms with van der Waals surface area (Å²) < 4.78 is 36.3. The van der Waals surface area contributed by atoms with Gasteiger partial charge in [-0.1, -0.05) is 0 Å². The van der Waals surface area contributed by atoms with Gasteiger partial charge >= 0.3 is 5.97 Å². The van der Waals surface area contributed by atoms with Crippen molar-refractivity contribution in [3.63, 3.8) is 0 Å². The van der Waals surface area contributed by atoms with E-state index in [1.165, 1.54) is 11.7 Å². The van der Waals surface area contributed by atoms with Crippen LogP contribution >= 0.6 is 0 Å². The highest BCUT2D eigenvalue weighted by molar-refractivity contribution is 5.97. The van der Waals surface area contributed by atoms with E-state index in [0.717, 1.165) is 37.9 Å². The van der Waals surface area contributed by atoms with Crippen LogP contribution < -0.4 is 20.8 Å². The number of nitrogens with zero attached hydrogens (tertiary/aromatic N) is 2. The van der Waals surface area contributed by atoms with Crippen LogP contribution in [0.5, 0.6) is 5.75 Å². The molecule has 7 nitrogen and oxygen atoms in total. The molecule has 3 fully saturated rings. The van der Waals surface area contributed by atoms with Gasteiger partial charge in [0, 0.05) is 31.2 Å². The molecule has 9 heteroatoms. The van der Waals surface area contributed by atoms with Crippen molar-refractivity contribution in [2.24, 2.45) is 11.7 Å². The third-order valence-electron chi connectivity index (χ3n) is 6.86. The number of carbonyl (C=O) groups is 1. The molecule has 2 aliphatic carbocycles. The SMILES string of the molecule is COc1c(N2CC[C@H](CC3(N)CC3)C2)c(F)cc2c(=O)c(C(=O)O)cn([C@@H]3C[C@H]3F)c12. The van der Waals surface area contributed by atoms with E-state index in [1.54, 1.807) is 0 Å². The normalized spacial score (nSPS) is 26.3.